The SMILES string of the molecule is [2H]C([2H])([2H])c1cc(-n2c3[c-]c(Oc4[c-]c(N5[CH-]N(c6cc(C(C)(C)C)cc(C(C)(C)C)c6)c6ccccc65)ccc4)ccc3c3ccccc32)ncc1-c1cccc(N(c2ccccc2)c2ccccc2)c1.[Pt]. The van der Waals surface area contributed by atoms with E-state index in [-0.39, 0.29) is 37.5 Å². The van der Waals surface area contributed by atoms with E-state index in [0.29, 0.717) is 28.4 Å². The third-order valence-corrected chi connectivity index (χ3v) is 12.9. The molecule has 0 saturated carbocycles. The number of ether oxygens (including phenoxy) is 1. The van der Waals surface area contributed by atoms with Gasteiger partial charge in [-0.25, -0.2) is 4.98 Å². The fourth-order valence-corrected chi connectivity index (χ4v) is 9.26. The number of hydrogen-bond donors (Lipinski definition) is 0. The summed E-state index contributed by atoms with van der Waals surface area (Å²) in [6.07, 6.45) is 1.69. The van der Waals surface area contributed by atoms with Crippen LogP contribution in [-0.4, -0.2) is 9.55 Å². The molecule has 0 amide bonds. The zero-order valence-corrected chi connectivity index (χ0v) is 42.3. The van der Waals surface area contributed by atoms with Crippen molar-refractivity contribution in [2.45, 2.75) is 59.2 Å². The summed E-state index contributed by atoms with van der Waals surface area (Å²) in [5.74, 6) is 1.46. The van der Waals surface area contributed by atoms with Crippen LogP contribution in [0.1, 0.15) is 62.3 Å². The zero-order valence-electron chi connectivity index (χ0n) is 43.0. The predicted octanol–water partition coefficient (Wildman–Crippen LogP) is 17.0. The molecule has 1 aliphatic rings. The summed E-state index contributed by atoms with van der Waals surface area (Å²) in [5, 5.41) is 1.91. The van der Waals surface area contributed by atoms with Crippen LogP contribution in [0.2, 0.25) is 0 Å². The zero-order chi connectivity index (χ0) is 49.9. The van der Waals surface area contributed by atoms with E-state index in [0.717, 1.165) is 61.7 Å². The van der Waals surface area contributed by atoms with Gasteiger partial charge in [-0.3, -0.25) is 0 Å². The monoisotopic (exact) mass is 1090 g/mol. The van der Waals surface area contributed by atoms with Crippen LogP contribution in [0.15, 0.2) is 194 Å². The molecular weight excluding hydrogens is 1040 g/mol. The van der Waals surface area contributed by atoms with E-state index in [9.17, 15) is 0 Å². The number of benzene rings is 8. The number of aromatic nitrogens is 2. The van der Waals surface area contributed by atoms with Gasteiger partial charge >= 0.3 is 0 Å². The maximum atomic E-state index is 8.86. The molecule has 0 unspecified atom stereocenters. The van der Waals surface area contributed by atoms with Crippen molar-refractivity contribution in [1.82, 2.24) is 9.55 Å². The van der Waals surface area contributed by atoms with Gasteiger partial charge in [0.25, 0.3) is 0 Å². The number of para-hydroxylation sites is 5. The van der Waals surface area contributed by atoms with Crippen LogP contribution >= 0.6 is 0 Å². The summed E-state index contributed by atoms with van der Waals surface area (Å²) in [6.45, 7) is 13.3. The second-order valence-corrected chi connectivity index (χ2v) is 19.7. The number of pyridine rings is 1. The fraction of sp³-hybridized carbons (Fsp3) is 0.143. The van der Waals surface area contributed by atoms with Gasteiger partial charge < -0.3 is 24.0 Å². The third-order valence-electron chi connectivity index (χ3n) is 12.9. The normalized spacial score (nSPS) is 13.4. The number of fused-ring (bicyclic) bond motifs is 4. The molecule has 0 fully saturated rings. The molecule has 0 atom stereocenters. The fourth-order valence-electron chi connectivity index (χ4n) is 9.26. The van der Waals surface area contributed by atoms with E-state index in [1.807, 2.05) is 114 Å². The van der Waals surface area contributed by atoms with Crippen molar-refractivity contribution in [2.24, 2.45) is 0 Å². The van der Waals surface area contributed by atoms with Gasteiger partial charge in [-0.1, -0.05) is 132 Å². The molecule has 0 spiro atoms. The van der Waals surface area contributed by atoms with Crippen LogP contribution in [-0.2, 0) is 31.9 Å². The Kier molecular flexibility index (Phi) is 11.3. The molecule has 6 nitrogen and oxygen atoms in total. The standard InChI is InChI=1S/C63H54N5O.Pt/c1-43-34-61(64-41-56(43)44-20-18-26-50(35-44)67(47-21-10-8-11-22-47)48-23-12-9-13-24-48)68-57-29-15-14-28-54(57)55-33-32-53(40-60(55)68)69-52-27-19-25-49(39-52)65-42-66(59-31-17-16-30-58(59)65)51-37-45(62(2,3)4)36-46(38-51)63(5,6)7;/h8-38,41-42H,1-7H3;/q-3;/i1D3;. The molecule has 350 valence electrons. The Morgan fingerprint density at radius 2 is 1.19 bits per heavy atom. The van der Waals surface area contributed by atoms with Crippen molar-refractivity contribution < 1.29 is 29.9 Å². The van der Waals surface area contributed by atoms with Crippen LogP contribution in [0.25, 0.3) is 38.8 Å². The average Bonchev–Trinajstić information content (AvgIpc) is 3.92. The first kappa shape index (κ1) is 42.7. The number of rotatable bonds is 9. The van der Waals surface area contributed by atoms with Gasteiger partial charge in [-0.05, 0) is 118 Å². The van der Waals surface area contributed by atoms with E-state index < -0.39 is 6.85 Å². The van der Waals surface area contributed by atoms with Crippen molar-refractivity contribution in [2.75, 3.05) is 14.7 Å². The molecule has 0 bridgehead atoms. The summed E-state index contributed by atoms with van der Waals surface area (Å²) in [5.41, 5.74) is 12.4. The summed E-state index contributed by atoms with van der Waals surface area (Å²) >= 11 is 0. The quantitative estimate of drug-likeness (QED) is 0.135. The summed E-state index contributed by atoms with van der Waals surface area (Å²) in [7, 11) is 0. The molecule has 7 heteroatoms. The first-order chi connectivity index (χ1) is 34.6. The Hall–Kier alpha value is -7.40. The van der Waals surface area contributed by atoms with Crippen LogP contribution in [0.4, 0.5) is 39.8 Å². The molecule has 11 rings (SSSR count). The Balaban J connectivity index is 0.00000611. The molecule has 70 heavy (non-hydrogen) atoms. The smallest absolute Gasteiger partial charge is 0.135 e. The van der Waals surface area contributed by atoms with E-state index in [4.69, 9.17) is 13.8 Å². The number of aryl methyl sites for hydroxylation is 1. The second-order valence-electron chi connectivity index (χ2n) is 19.7. The van der Waals surface area contributed by atoms with Crippen molar-refractivity contribution in [3.8, 4) is 28.4 Å². The molecule has 2 aromatic heterocycles. The van der Waals surface area contributed by atoms with Gasteiger partial charge in [-0.15, -0.1) is 48.1 Å². The Morgan fingerprint density at radius 1 is 0.571 bits per heavy atom. The van der Waals surface area contributed by atoms with Gasteiger partial charge in [0.05, 0.1) is 0 Å². The van der Waals surface area contributed by atoms with E-state index in [2.05, 4.69) is 148 Å². The average molecular weight is 1100 g/mol. The van der Waals surface area contributed by atoms with Gasteiger partial charge in [0.1, 0.15) is 5.82 Å². The summed E-state index contributed by atoms with van der Waals surface area (Å²) in [4.78, 5) is 11.6. The number of anilines is 7. The molecule has 0 N–H and O–H groups in total. The molecular formula is C63H54N5OPt-3. The first-order valence-electron chi connectivity index (χ1n) is 24.9. The second kappa shape index (κ2) is 18.5. The Bertz CT molecular complexity index is 3560. The van der Waals surface area contributed by atoms with Gasteiger partial charge in [-0.2, -0.15) is 12.1 Å². The van der Waals surface area contributed by atoms with Crippen molar-refractivity contribution in [3.63, 3.8) is 0 Å². The van der Waals surface area contributed by atoms with E-state index in [1.165, 1.54) is 11.1 Å². The minimum absolute atomic E-state index is 0. The summed E-state index contributed by atoms with van der Waals surface area (Å²) in [6, 6.07) is 70.4. The topological polar surface area (TPSA) is 36.8 Å². The largest absolute Gasteiger partial charge is 0.509 e. The molecule has 0 aliphatic carbocycles. The maximum absolute atomic E-state index is 8.86. The van der Waals surface area contributed by atoms with E-state index in [1.54, 1.807) is 12.3 Å². The molecule has 8 aromatic carbocycles. The first-order valence-corrected chi connectivity index (χ1v) is 23.4. The van der Waals surface area contributed by atoms with Gasteiger partial charge in [0.2, 0.25) is 0 Å². The van der Waals surface area contributed by atoms with E-state index >= 15 is 0 Å². The van der Waals surface area contributed by atoms with Crippen LogP contribution in [0.3, 0.4) is 0 Å². The number of hydrogen-bond acceptors (Lipinski definition) is 5. The minimum atomic E-state index is -2.46. The molecule has 0 radical (unpaired) electrons. The Labute approximate surface area is 430 Å². The number of nitrogens with zero attached hydrogens (tertiary/aromatic N) is 5. The third kappa shape index (κ3) is 8.78. The maximum Gasteiger partial charge on any atom is 0.135 e. The molecule has 3 heterocycles. The predicted molar refractivity (Wildman–Crippen MR) is 286 cm³/mol. The molecule has 1 aliphatic heterocycles. The van der Waals surface area contributed by atoms with Crippen LogP contribution in [0, 0.1) is 25.7 Å². The molecule has 10 aromatic rings. The van der Waals surface area contributed by atoms with Gasteiger partial charge in [0, 0.05) is 88.1 Å². The molecule has 0 saturated heterocycles. The van der Waals surface area contributed by atoms with Gasteiger partial charge in [0.15, 0.2) is 0 Å². The van der Waals surface area contributed by atoms with Crippen molar-refractivity contribution in [1.29, 1.82) is 0 Å². The minimum Gasteiger partial charge on any atom is -0.509 e. The van der Waals surface area contributed by atoms with Crippen molar-refractivity contribution >= 4 is 61.6 Å². The van der Waals surface area contributed by atoms with Crippen LogP contribution in [0.5, 0.6) is 11.5 Å². The summed E-state index contributed by atoms with van der Waals surface area (Å²) < 4.78 is 35.2. The van der Waals surface area contributed by atoms with Crippen LogP contribution < -0.4 is 19.4 Å². The van der Waals surface area contributed by atoms with Crippen molar-refractivity contribution in [3.05, 3.63) is 230 Å². The Morgan fingerprint density at radius 3 is 1.87 bits per heavy atom.